The predicted molar refractivity (Wildman–Crippen MR) is 59.2 cm³/mol. The lowest BCUT2D eigenvalue weighted by Gasteiger charge is -2.01. The van der Waals surface area contributed by atoms with Crippen LogP contribution in [0.3, 0.4) is 0 Å². The molecule has 16 heavy (non-hydrogen) atoms. The van der Waals surface area contributed by atoms with Crippen LogP contribution in [-0.2, 0) is 6.61 Å². The lowest BCUT2D eigenvalue weighted by atomic mass is 10.2. The first kappa shape index (κ1) is 10.7. The average molecular weight is 218 g/mol. The minimum Gasteiger partial charge on any atom is -0.484 e. The molecule has 0 saturated heterocycles. The largest absolute Gasteiger partial charge is 0.484 e. The quantitative estimate of drug-likeness (QED) is 0.791. The number of ether oxygens (including phenoxy) is 1. The molecule has 4 heteroatoms. The molecule has 0 N–H and O–H groups in total. The summed E-state index contributed by atoms with van der Waals surface area (Å²) >= 11 is 0. The summed E-state index contributed by atoms with van der Waals surface area (Å²) in [5.74, 6) is 2.29. The number of nitrogens with zero attached hydrogens (tertiary/aromatic N) is 2. The first-order chi connectivity index (χ1) is 7.75. The van der Waals surface area contributed by atoms with Crippen LogP contribution in [0.5, 0.6) is 5.75 Å². The highest BCUT2D eigenvalue weighted by Crippen LogP contribution is 2.13. The van der Waals surface area contributed by atoms with Gasteiger partial charge in [-0.05, 0) is 12.1 Å². The van der Waals surface area contributed by atoms with Crippen LogP contribution in [0.25, 0.3) is 0 Å². The van der Waals surface area contributed by atoms with Crippen LogP contribution in [0.1, 0.15) is 31.5 Å². The molecule has 0 radical (unpaired) electrons. The molecule has 0 bridgehead atoms. The van der Waals surface area contributed by atoms with Gasteiger partial charge < -0.3 is 9.26 Å². The first-order valence-electron chi connectivity index (χ1n) is 5.26. The highest BCUT2D eigenvalue weighted by atomic mass is 16.5. The normalized spacial score (nSPS) is 10.7. The smallest absolute Gasteiger partial charge is 0.264 e. The molecule has 0 spiro atoms. The zero-order valence-electron chi connectivity index (χ0n) is 9.38. The number of aromatic nitrogens is 2. The van der Waals surface area contributed by atoms with Crippen molar-refractivity contribution in [1.82, 2.24) is 10.1 Å². The molecule has 2 aromatic rings. The van der Waals surface area contributed by atoms with Gasteiger partial charge in [0.15, 0.2) is 12.4 Å². The summed E-state index contributed by atoms with van der Waals surface area (Å²) in [4.78, 5) is 4.22. The van der Waals surface area contributed by atoms with Crippen molar-refractivity contribution in [2.75, 3.05) is 0 Å². The summed E-state index contributed by atoms with van der Waals surface area (Å²) in [5.41, 5.74) is 0. The molecule has 1 aromatic heterocycles. The number of hydrogen-bond acceptors (Lipinski definition) is 4. The lowest BCUT2D eigenvalue weighted by molar-refractivity contribution is 0.242. The number of para-hydroxylation sites is 1. The van der Waals surface area contributed by atoms with Crippen LogP contribution in [0.4, 0.5) is 0 Å². The van der Waals surface area contributed by atoms with Gasteiger partial charge in [0.05, 0.1) is 0 Å². The van der Waals surface area contributed by atoms with Crippen molar-refractivity contribution in [3.63, 3.8) is 0 Å². The molecule has 0 fully saturated rings. The summed E-state index contributed by atoms with van der Waals surface area (Å²) in [6.45, 7) is 4.35. The van der Waals surface area contributed by atoms with Gasteiger partial charge in [-0.3, -0.25) is 0 Å². The topological polar surface area (TPSA) is 48.2 Å². The van der Waals surface area contributed by atoms with Crippen molar-refractivity contribution in [3.05, 3.63) is 42.0 Å². The van der Waals surface area contributed by atoms with E-state index >= 15 is 0 Å². The average Bonchev–Trinajstić information content (AvgIpc) is 2.76. The van der Waals surface area contributed by atoms with E-state index < -0.39 is 0 Å². The highest BCUT2D eigenvalue weighted by Gasteiger charge is 2.09. The first-order valence-corrected chi connectivity index (χ1v) is 5.26. The summed E-state index contributed by atoms with van der Waals surface area (Å²) in [5, 5.41) is 3.86. The van der Waals surface area contributed by atoms with Crippen molar-refractivity contribution >= 4 is 0 Å². The van der Waals surface area contributed by atoms with Gasteiger partial charge in [0, 0.05) is 5.92 Å². The Balaban J connectivity index is 1.95. The van der Waals surface area contributed by atoms with Crippen LogP contribution in [0.15, 0.2) is 34.9 Å². The maximum atomic E-state index is 5.49. The lowest BCUT2D eigenvalue weighted by Crippen LogP contribution is -1.96. The van der Waals surface area contributed by atoms with Crippen LogP contribution >= 0.6 is 0 Å². The van der Waals surface area contributed by atoms with Crippen LogP contribution in [0, 0.1) is 0 Å². The highest BCUT2D eigenvalue weighted by molar-refractivity contribution is 5.20. The standard InChI is InChI=1S/C12H14N2O2/c1-9(2)12-13-11(16-14-12)8-15-10-6-4-3-5-7-10/h3-7,9H,8H2,1-2H3. The van der Waals surface area contributed by atoms with E-state index in [1.165, 1.54) is 0 Å². The molecule has 0 atom stereocenters. The van der Waals surface area contributed by atoms with Gasteiger partial charge in [0.2, 0.25) is 0 Å². The van der Waals surface area contributed by atoms with Gasteiger partial charge in [-0.15, -0.1) is 0 Å². The van der Waals surface area contributed by atoms with E-state index in [-0.39, 0.29) is 5.92 Å². The second-order valence-electron chi connectivity index (χ2n) is 3.80. The Bertz CT molecular complexity index is 437. The van der Waals surface area contributed by atoms with Crippen molar-refractivity contribution in [2.45, 2.75) is 26.4 Å². The Hall–Kier alpha value is -1.84. The third kappa shape index (κ3) is 2.59. The Morgan fingerprint density at radius 1 is 1.25 bits per heavy atom. The fourth-order valence-corrected chi connectivity index (χ4v) is 1.22. The van der Waals surface area contributed by atoms with E-state index in [4.69, 9.17) is 9.26 Å². The van der Waals surface area contributed by atoms with Gasteiger partial charge in [0.1, 0.15) is 5.75 Å². The zero-order chi connectivity index (χ0) is 11.4. The number of benzene rings is 1. The number of rotatable bonds is 4. The van der Waals surface area contributed by atoms with Crippen molar-refractivity contribution in [3.8, 4) is 5.75 Å². The molecule has 1 aromatic carbocycles. The molecule has 0 aliphatic heterocycles. The minimum atomic E-state index is 0.272. The van der Waals surface area contributed by atoms with Gasteiger partial charge in [-0.25, -0.2) is 0 Å². The second-order valence-corrected chi connectivity index (χ2v) is 3.80. The Labute approximate surface area is 94.2 Å². The molecule has 0 aliphatic rings. The molecular weight excluding hydrogens is 204 g/mol. The van der Waals surface area contributed by atoms with E-state index in [2.05, 4.69) is 10.1 Å². The van der Waals surface area contributed by atoms with E-state index in [0.717, 1.165) is 5.75 Å². The fourth-order valence-electron chi connectivity index (χ4n) is 1.22. The zero-order valence-corrected chi connectivity index (χ0v) is 9.38. The van der Waals surface area contributed by atoms with E-state index in [9.17, 15) is 0 Å². The number of hydrogen-bond donors (Lipinski definition) is 0. The van der Waals surface area contributed by atoms with E-state index in [1.807, 2.05) is 44.2 Å². The van der Waals surface area contributed by atoms with E-state index in [0.29, 0.717) is 18.3 Å². The molecular formula is C12H14N2O2. The van der Waals surface area contributed by atoms with Crippen molar-refractivity contribution < 1.29 is 9.26 Å². The maximum Gasteiger partial charge on any atom is 0.264 e. The Kier molecular flexibility index (Phi) is 3.19. The van der Waals surface area contributed by atoms with Gasteiger partial charge in [0.25, 0.3) is 5.89 Å². The second kappa shape index (κ2) is 4.79. The third-order valence-electron chi connectivity index (χ3n) is 2.11. The Morgan fingerprint density at radius 2 is 2.00 bits per heavy atom. The molecule has 0 saturated carbocycles. The SMILES string of the molecule is CC(C)c1noc(COc2ccccc2)n1. The molecule has 0 unspecified atom stereocenters. The predicted octanol–water partition coefficient (Wildman–Crippen LogP) is 2.77. The summed E-state index contributed by atoms with van der Waals surface area (Å²) in [7, 11) is 0. The maximum absolute atomic E-state index is 5.49. The molecule has 0 aliphatic carbocycles. The molecule has 84 valence electrons. The van der Waals surface area contributed by atoms with Crippen LogP contribution < -0.4 is 4.74 Å². The minimum absolute atomic E-state index is 0.272. The molecule has 2 rings (SSSR count). The summed E-state index contributed by atoms with van der Waals surface area (Å²) < 4.78 is 10.6. The van der Waals surface area contributed by atoms with Crippen LogP contribution in [0.2, 0.25) is 0 Å². The van der Waals surface area contributed by atoms with E-state index in [1.54, 1.807) is 0 Å². The molecule has 4 nitrogen and oxygen atoms in total. The summed E-state index contributed by atoms with van der Waals surface area (Å²) in [6.07, 6.45) is 0. The monoisotopic (exact) mass is 218 g/mol. The van der Waals surface area contributed by atoms with Gasteiger partial charge >= 0.3 is 0 Å². The van der Waals surface area contributed by atoms with Gasteiger partial charge in [-0.1, -0.05) is 37.2 Å². The molecule has 0 amide bonds. The van der Waals surface area contributed by atoms with Crippen molar-refractivity contribution in [1.29, 1.82) is 0 Å². The summed E-state index contributed by atoms with van der Waals surface area (Å²) in [6, 6.07) is 9.56. The Morgan fingerprint density at radius 3 is 2.62 bits per heavy atom. The van der Waals surface area contributed by atoms with Crippen LogP contribution in [-0.4, -0.2) is 10.1 Å². The van der Waals surface area contributed by atoms with Gasteiger partial charge in [-0.2, -0.15) is 4.98 Å². The third-order valence-corrected chi connectivity index (χ3v) is 2.11. The van der Waals surface area contributed by atoms with Crippen molar-refractivity contribution in [2.24, 2.45) is 0 Å². The molecule has 1 heterocycles. The fraction of sp³-hybridized carbons (Fsp3) is 0.333.